The smallest absolute Gasteiger partial charge is 0.264 e. The minimum Gasteiger partial charge on any atom is -0.493 e. The van der Waals surface area contributed by atoms with Crippen LogP contribution < -0.4 is 19.1 Å². The van der Waals surface area contributed by atoms with Crippen molar-refractivity contribution in [3.63, 3.8) is 0 Å². The van der Waals surface area contributed by atoms with Crippen LogP contribution in [0.5, 0.6) is 11.5 Å². The van der Waals surface area contributed by atoms with Crippen molar-refractivity contribution in [3.8, 4) is 11.5 Å². The number of amides is 1. The molecule has 9 heteroatoms. The van der Waals surface area contributed by atoms with Gasteiger partial charge in [-0.15, -0.1) is 0 Å². The molecule has 0 bridgehead atoms. The highest BCUT2D eigenvalue weighted by Gasteiger charge is 2.28. The summed E-state index contributed by atoms with van der Waals surface area (Å²) in [6, 6.07) is 18.2. The maximum absolute atomic E-state index is 13.5. The Bertz CT molecular complexity index is 1170. The molecule has 0 aromatic heterocycles. The number of ether oxygens (including phenoxy) is 2. The second-order valence-electron chi connectivity index (χ2n) is 6.77. The molecule has 0 aliphatic carbocycles. The van der Waals surface area contributed by atoms with Crippen LogP contribution in [0.3, 0.4) is 0 Å². The number of halogens is 1. The Morgan fingerprint density at radius 2 is 1.59 bits per heavy atom. The van der Waals surface area contributed by atoms with Gasteiger partial charge < -0.3 is 14.8 Å². The average Bonchev–Trinajstić information content (AvgIpc) is 2.82. The highest BCUT2D eigenvalue weighted by Crippen LogP contribution is 2.32. The second-order valence-corrected chi connectivity index (χ2v) is 8.63. The number of methoxy groups -OCH3 is 2. The fourth-order valence-corrected chi connectivity index (χ4v) is 4.44. The number of nitrogens with one attached hydrogen (secondary N) is 1. The summed E-state index contributed by atoms with van der Waals surface area (Å²) in [6.45, 7) is -0.306. The van der Waals surface area contributed by atoms with Crippen molar-refractivity contribution in [2.45, 2.75) is 11.4 Å². The monoisotopic (exact) mass is 458 g/mol. The first-order valence-electron chi connectivity index (χ1n) is 9.66. The van der Waals surface area contributed by atoms with E-state index in [1.165, 1.54) is 44.6 Å². The second kappa shape index (κ2) is 10.1. The van der Waals surface area contributed by atoms with E-state index in [0.717, 1.165) is 4.31 Å². The van der Waals surface area contributed by atoms with Gasteiger partial charge in [0, 0.05) is 12.6 Å². The Kier molecular flexibility index (Phi) is 7.32. The number of benzene rings is 3. The van der Waals surface area contributed by atoms with Crippen molar-refractivity contribution in [1.82, 2.24) is 5.32 Å². The van der Waals surface area contributed by atoms with Crippen molar-refractivity contribution in [2.24, 2.45) is 0 Å². The number of rotatable bonds is 9. The van der Waals surface area contributed by atoms with E-state index in [-0.39, 0.29) is 23.0 Å². The summed E-state index contributed by atoms with van der Waals surface area (Å²) < 4.78 is 51.4. The Hall–Kier alpha value is -3.59. The highest BCUT2D eigenvalue weighted by atomic mass is 32.2. The number of para-hydroxylation sites is 1. The van der Waals surface area contributed by atoms with Gasteiger partial charge in [-0.1, -0.05) is 30.3 Å². The Morgan fingerprint density at radius 3 is 2.22 bits per heavy atom. The topological polar surface area (TPSA) is 84.9 Å². The Balaban J connectivity index is 1.87. The summed E-state index contributed by atoms with van der Waals surface area (Å²) >= 11 is 0. The van der Waals surface area contributed by atoms with Crippen LogP contribution in [0, 0.1) is 5.82 Å². The number of carbonyl (C=O) groups is 1. The first-order chi connectivity index (χ1) is 15.3. The summed E-state index contributed by atoms with van der Waals surface area (Å²) in [5.74, 6) is -0.254. The summed E-state index contributed by atoms with van der Waals surface area (Å²) in [5, 5.41) is 2.67. The first-order valence-corrected chi connectivity index (χ1v) is 11.1. The van der Waals surface area contributed by atoms with Gasteiger partial charge in [0.1, 0.15) is 12.4 Å². The molecule has 3 rings (SSSR count). The average molecular weight is 459 g/mol. The van der Waals surface area contributed by atoms with Crippen molar-refractivity contribution in [2.75, 3.05) is 25.1 Å². The van der Waals surface area contributed by atoms with Gasteiger partial charge in [0.05, 0.1) is 24.8 Å². The SMILES string of the molecule is COc1ccc(S(=O)(=O)N(CC(=O)NCc2ccc(F)cc2)c2ccccc2)cc1OC. The fourth-order valence-electron chi connectivity index (χ4n) is 3.00. The third-order valence-corrected chi connectivity index (χ3v) is 6.45. The molecule has 0 saturated heterocycles. The minimum atomic E-state index is -4.11. The molecule has 7 nitrogen and oxygen atoms in total. The molecule has 0 saturated carbocycles. The molecule has 0 aliphatic heterocycles. The van der Waals surface area contributed by atoms with E-state index < -0.39 is 22.5 Å². The number of anilines is 1. The lowest BCUT2D eigenvalue weighted by atomic mass is 10.2. The van der Waals surface area contributed by atoms with Crippen molar-refractivity contribution < 1.29 is 27.1 Å². The lowest BCUT2D eigenvalue weighted by Crippen LogP contribution is -2.40. The van der Waals surface area contributed by atoms with Gasteiger partial charge in [0.25, 0.3) is 10.0 Å². The van der Waals surface area contributed by atoms with Gasteiger partial charge in [-0.05, 0) is 42.0 Å². The van der Waals surface area contributed by atoms with E-state index in [4.69, 9.17) is 9.47 Å². The molecule has 0 spiro atoms. The van der Waals surface area contributed by atoms with Crippen LogP contribution >= 0.6 is 0 Å². The molecule has 0 unspecified atom stereocenters. The number of sulfonamides is 1. The largest absolute Gasteiger partial charge is 0.493 e. The van der Waals surface area contributed by atoms with Gasteiger partial charge in [-0.25, -0.2) is 12.8 Å². The third-order valence-electron chi connectivity index (χ3n) is 4.68. The van der Waals surface area contributed by atoms with E-state index >= 15 is 0 Å². The predicted octanol–water partition coefficient (Wildman–Crippen LogP) is 3.35. The summed E-state index contributed by atoms with van der Waals surface area (Å²) in [7, 11) is -1.25. The van der Waals surface area contributed by atoms with Crippen LogP contribution in [-0.2, 0) is 21.4 Å². The van der Waals surface area contributed by atoms with E-state index in [2.05, 4.69) is 5.32 Å². The van der Waals surface area contributed by atoms with E-state index in [0.29, 0.717) is 17.0 Å². The van der Waals surface area contributed by atoms with Crippen LogP contribution in [0.1, 0.15) is 5.56 Å². The van der Waals surface area contributed by atoms with Gasteiger partial charge in [-0.3, -0.25) is 9.10 Å². The quantitative estimate of drug-likeness (QED) is 0.532. The van der Waals surface area contributed by atoms with E-state index in [1.54, 1.807) is 42.5 Å². The minimum absolute atomic E-state index is 0.0506. The zero-order valence-corrected chi connectivity index (χ0v) is 18.4. The lowest BCUT2D eigenvalue weighted by molar-refractivity contribution is -0.119. The molecular weight excluding hydrogens is 435 g/mol. The number of nitrogens with zero attached hydrogens (tertiary/aromatic N) is 1. The van der Waals surface area contributed by atoms with Crippen LogP contribution in [0.2, 0.25) is 0 Å². The molecule has 0 atom stereocenters. The summed E-state index contributed by atoms with van der Waals surface area (Å²) in [5.41, 5.74) is 1.02. The predicted molar refractivity (Wildman–Crippen MR) is 119 cm³/mol. The van der Waals surface area contributed by atoms with Crippen LogP contribution in [0.4, 0.5) is 10.1 Å². The number of hydrogen-bond acceptors (Lipinski definition) is 5. The zero-order chi connectivity index (χ0) is 23.1. The molecule has 0 aliphatic rings. The molecule has 3 aromatic rings. The van der Waals surface area contributed by atoms with Gasteiger partial charge in [-0.2, -0.15) is 0 Å². The van der Waals surface area contributed by atoms with Crippen molar-refractivity contribution in [1.29, 1.82) is 0 Å². The van der Waals surface area contributed by atoms with Gasteiger partial charge >= 0.3 is 0 Å². The molecule has 3 aromatic carbocycles. The lowest BCUT2D eigenvalue weighted by Gasteiger charge is -2.24. The van der Waals surface area contributed by atoms with Crippen molar-refractivity contribution in [3.05, 3.63) is 84.2 Å². The molecule has 0 heterocycles. The number of carbonyl (C=O) groups excluding carboxylic acids is 1. The highest BCUT2D eigenvalue weighted by molar-refractivity contribution is 7.92. The molecule has 32 heavy (non-hydrogen) atoms. The Labute approximate surface area is 186 Å². The van der Waals surface area contributed by atoms with Crippen LogP contribution in [-0.4, -0.2) is 35.1 Å². The molecule has 168 valence electrons. The fraction of sp³-hybridized carbons (Fsp3) is 0.174. The molecule has 1 amide bonds. The zero-order valence-electron chi connectivity index (χ0n) is 17.6. The van der Waals surface area contributed by atoms with Crippen LogP contribution in [0.15, 0.2) is 77.7 Å². The van der Waals surface area contributed by atoms with Gasteiger partial charge in [0.15, 0.2) is 11.5 Å². The normalized spacial score (nSPS) is 11.0. The maximum Gasteiger partial charge on any atom is 0.264 e. The maximum atomic E-state index is 13.5. The third kappa shape index (κ3) is 5.36. The summed E-state index contributed by atoms with van der Waals surface area (Å²) in [4.78, 5) is 12.6. The standard InChI is InChI=1S/C23H23FN2O5S/c1-30-21-13-12-20(14-22(21)31-2)32(28,29)26(19-6-4-3-5-7-19)16-23(27)25-15-17-8-10-18(24)11-9-17/h3-14H,15-16H2,1-2H3,(H,25,27). The van der Waals surface area contributed by atoms with Gasteiger partial charge in [0.2, 0.25) is 5.91 Å². The van der Waals surface area contributed by atoms with E-state index in [9.17, 15) is 17.6 Å². The molecule has 0 fully saturated rings. The molecular formula is C23H23FN2O5S. The number of hydrogen-bond donors (Lipinski definition) is 1. The van der Waals surface area contributed by atoms with E-state index in [1.807, 2.05) is 0 Å². The summed E-state index contributed by atoms with van der Waals surface area (Å²) in [6.07, 6.45) is 0. The van der Waals surface area contributed by atoms with Crippen LogP contribution in [0.25, 0.3) is 0 Å². The van der Waals surface area contributed by atoms with Crippen molar-refractivity contribution >= 4 is 21.6 Å². The molecule has 0 radical (unpaired) electrons. The Morgan fingerprint density at radius 1 is 0.938 bits per heavy atom. The first kappa shape index (κ1) is 23.1. The molecule has 1 N–H and O–H groups in total.